The highest BCUT2D eigenvalue weighted by atomic mass is 32.3. The zero-order valence-corrected chi connectivity index (χ0v) is 34.3. The minimum absolute atomic E-state index is 0.0697. The van der Waals surface area contributed by atoms with Gasteiger partial charge in [0.05, 0.1) is 53.0 Å². The fourth-order valence-corrected chi connectivity index (χ4v) is 8.69. The lowest BCUT2D eigenvalue weighted by atomic mass is 10.1. The van der Waals surface area contributed by atoms with Gasteiger partial charge in [0.2, 0.25) is 0 Å². The molecule has 31 heteroatoms. The molecular formula is C28H29N5O20S6. The van der Waals surface area contributed by atoms with E-state index in [1.807, 2.05) is 0 Å². The predicted molar refractivity (Wildman–Crippen MR) is 202 cm³/mol. The Morgan fingerprint density at radius 2 is 1.15 bits per heavy atom. The molecule has 0 bridgehead atoms. The number of hydrogen-bond donors (Lipinski definition) is 6. The van der Waals surface area contributed by atoms with E-state index < -0.39 is 118 Å². The highest BCUT2D eigenvalue weighted by molar-refractivity contribution is 7.91. The van der Waals surface area contributed by atoms with Crippen LogP contribution in [0.4, 0.5) is 28.4 Å². The summed E-state index contributed by atoms with van der Waals surface area (Å²) in [4.78, 5) is -1.86. The van der Waals surface area contributed by atoms with Crippen molar-refractivity contribution < 1.29 is 86.9 Å². The SMILES string of the molecule is COc1cc(S(=O)(=O)CCOS(=O)(=O)O)ccc1/N=N/c1c(S(=O)(=O)O)cc2c(/N=N/c3ccc(S(=O)(=O)CCOS(=O)(=O)O)cc3)c(NCS(=O)(=O)O)ccc2c1O. The molecule has 322 valence electrons. The summed E-state index contributed by atoms with van der Waals surface area (Å²) >= 11 is 0. The minimum atomic E-state index is -5.32. The number of nitrogens with zero attached hydrogens (tertiary/aromatic N) is 4. The van der Waals surface area contributed by atoms with Gasteiger partial charge in [-0.05, 0) is 54.6 Å². The molecule has 59 heavy (non-hydrogen) atoms. The van der Waals surface area contributed by atoms with Gasteiger partial charge < -0.3 is 15.2 Å². The van der Waals surface area contributed by atoms with Gasteiger partial charge in [0.15, 0.2) is 25.4 Å². The number of aromatic hydroxyl groups is 1. The number of azo groups is 2. The van der Waals surface area contributed by atoms with Gasteiger partial charge in [-0.25, -0.2) is 25.2 Å². The van der Waals surface area contributed by atoms with Gasteiger partial charge in [0, 0.05) is 16.8 Å². The van der Waals surface area contributed by atoms with Crippen LogP contribution in [0.3, 0.4) is 0 Å². The Kier molecular flexibility index (Phi) is 14.2. The number of rotatable bonds is 19. The first kappa shape index (κ1) is 46.9. The largest absolute Gasteiger partial charge is 0.505 e. The molecule has 0 unspecified atom stereocenters. The Hall–Kier alpha value is -4.80. The van der Waals surface area contributed by atoms with Gasteiger partial charge in [-0.2, -0.15) is 38.8 Å². The number of phenolic OH excluding ortho intramolecular Hbond substituents is 1. The predicted octanol–water partition coefficient (Wildman–Crippen LogP) is 3.07. The second-order valence-electron chi connectivity index (χ2n) is 11.4. The number of ether oxygens (including phenoxy) is 1. The number of fused-ring (bicyclic) bond motifs is 1. The van der Waals surface area contributed by atoms with Crippen LogP contribution in [0.5, 0.6) is 11.5 Å². The molecule has 0 saturated carbocycles. The van der Waals surface area contributed by atoms with Crippen LogP contribution in [0, 0.1) is 0 Å². The van der Waals surface area contributed by atoms with Crippen molar-refractivity contribution in [2.24, 2.45) is 20.5 Å². The molecule has 0 heterocycles. The van der Waals surface area contributed by atoms with Crippen molar-refractivity contribution >= 4 is 99.9 Å². The summed E-state index contributed by atoms with van der Waals surface area (Å²) in [6, 6.07) is 10.3. The van der Waals surface area contributed by atoms with E-state index >= 15 is 0 Å². The molecule has 0 radical (unpaired) electrons. The van der Waals surface area contributed by atoms with Crippen molar-refractivity contribution in [3.05, 3.63) is 60.7 Å². The molecule has 0 saturated heterocycles. The van der Waals surface area contributed by atoms with Crippen LogP contribution >= 0.6 is 0 Å². The number of benzene rings is 4. The lowest BCUT2D eigenvalue weighted by Gasteiger charge is -2.14. The maximum atomic E-state index is 12.7. The fourth-order valence-electron chi connectivity index (χ4n) is 4.72. The van der Waals surface area contributed by atoms with Gasteiger partial charge in [-0.15, -0.1) is 15.3 Å². The number of nitrogens with one attached hydrogen (secondary N) is 1. The molecule has 0 amide bonds. The third kappa shape index (κ3) is 13.1. The van der Waals surface area contributed by atoms with Gasteiger partial charge in [-0.1, -0.05) is 0 Å². The number of methoxy groups -OCH3 is 1. The van der Waals surface area contributed by atoms with Gasteiger partial charge in [-0.3, -0.25) is 18.2 Å². The molecule has 0 aliphatic heterocycles. The maximum Gasteiger partial charge on any atom is 0.397 e. The zero-order chi connectivity index (χ0) is 44.2. The van der Waals surface area contributed by atoms with Gasteiger partial charge >= 0.3 is 20.8 Å². The first-order chi connectivity index (χ1) is 27.1. The van der Waals surface area contributed by atoms with E-state index in [1.165, 1.54) is 0 Å². The average molecular weight is 948 g/mol. The van der Waals surface area contributed by atoms with Crippen molar-refractivity contribution in [2.75, 3.05) is 43.0 Å². The first-order valence-corrected chi connectivity index (χ1v) is 24.5. The summed E-state index contributed by atoms with van der Waals surface area (Å²) in [7, 11) is -27.1. The number of anilines is 1. The van der Waals surface area contributed by atoms with Crippen LogP contribution in [0.15, 0.2) is 95.8 Å². The van der Waals surface area contributed by atoms with Gasteiger partial charge in [0.1, 0.15) is 33.6 Å². The Morgan fingerprint density at radius 1 is 0.610 bits per heavy atom. The molecule has 0 spiro atoms. The summed E-state index contributed by atoms with van der Waals surface area (Å²) in [6.45, 7) is -1.84. The number of phenols is 1. The molecule has 0 aliphatic rings. The zero-order valence-electron chi connectivity index (χ0n) is 29.4. The molecule has 0 atom stereocenters. The van der Waals surface area contributed by atoms with E-state index in [-0.39, 0.29) is 38.5 Å². The van der Waals surface area contributed by atoms with E-state index in [9.17, 15) is 64.7 Å². The maximum absolute atomic E-state index is 12.7. The van der Waals surface area contributed by atoms with Crippen molar-refractivity contribution in [3.8, 4) is 11.5 Å². The molecule has 4 aromatic rings. The van der Waals surface area contributed by atoms with Crippen LogP contribution in [0.25, 0.3) is 10.8 Å². The van der Waals surface area contributed by atoms with Crippen molar-refractivity contribution in [1.29, 1.82) is 0 Å². The van der Waals surface area contributed by atoms with Crippen molar-refractivity contribution in [1.82, 2.24) is 0 Å². The number of hydrogen-bond acceptors (Lipinski definition) is 21. The van der Waals surface area contributed by atoms with Crippen LogP contribution in [0.1, 0.15) is 0 Å². The van der Waals surface area contributed by atoms with Crippen LogP contribution in [0.2, 0.25) is 0 Å². The van der Waals surface area contributed by atoms with Crippen LogP contribution < -0.4 is 10.1 Å². The van der Waals surface area contributed by atoms with Crippen molar-refractivity contribution in [2.45, 2.75) is 14.7 Å². The lowest BCUT2D eigenvalue weighted by Crippen LogP contribution is -2.15. The Labute approximate surface area is 335 Å². The molecule has 4 aromatic carbocycles. The second kappa shape index (κ2) is 17.8. The van der Waals surface area contributed by atoms with Gasteiger partial charge in [0.25, 0.3) is 20.2 Å². The highest BCUT2D eigenvalue weighted by Crippen LogP contribution is 2.47. The number of sulfone groups is 2. The molecule has 0 aliphatic carbocycles. The summed E-state index contributed by atoms with van der Waals surface area (Å²) in [5.74, 6) is -4.10. The Morgan fingerprint density at radius 3 is 1.68 bits per heavy atom. The van der Waals surface area contributed by atoms with E-state index in [0.29, 0.717) is 0 Å². The molecule has 0 aromatic heterocycles. The van der Waals surface area contributed by atoms with Crippen LogP contribution in [-0.4, -0.2) is 112 Å². The minimum Gasteiger partial charge on any atom is -0.505 e. The molecule has 0 fully saturated rings. The van der Waals surface area contributed by atoms with E-state index in [4.69, 9.17) is 13.8 Å². The molecule has 4 rings (SSSR count). The topological polar surface area (TPSA) is 395 Å². The molecular weight excluding hydrogens is 919 g/mol. The third-order valence-electron chi connectivity index (χ3n) is 7.33. The lowest BCUT2D eigenvalue weighted by molar-refractivity contribution is 0.282. The summed E-state index contributed by atoms with van der Waals surface area (Å²) in [6.07, 6.45) is 0. The molecule has 6 N–H and O–H groups in total. The summed E-state index contributed by atoms with van der Waals surface area (Å²) in [5, 5.41) is 28.6. The second-order valence-corrected chi connectivity index (χ2v) is 20.6. The first-order valence-electron chi connectivity index (χ1n) is 15.4. The fraction of sp³-hybridized carbons (Fsp3) is 0.214. The Bertz CT molecular complexity index is 3010. The van der Waals surface area contributed by atoms with E-state index in [2.05, 4.69) is 34.1 Å². The summed E-state index contributed by atoms with van der Waals surface area (Å²) in [5.41, 5.74) is -1.85. The van der Waals surface area contributed by atoms with Crippen LogP contribution in [-0.2, 0) is 69.1 Å². The van der Waals surface area contributed by atoms with E-state index in [1.54, 1.807) is 0 Å². The monoisotopic (exact) mass is 947 g/mol. The highest BCUT2D eigenvalue weighted by Gasteiger charge is 2.26. The third-order valence-corrected chi connectivity index (χ3v) is 13.0. The normalized spacial score (nSPS) is 13.4. The molecule has 25 nitrogen and oxygen atoms in total. The smallest absolute Gasteiger partial charge is 0.397 e. The van der Waals surface area contributed by atoms with Crippen molar-refractivity contribution in [3.63, 3.8) is 0 Å². The average Bonchev–Trinajstić information content (AvgIpc) is 3.10. The quantitative estimate of drug-likeness (QED) is 0.0581. The standard InChI is InChI=1S/C28H29N5O20S6/c1-51-24-14-19(55(37,38)13-11-53-59(48,49)50)6-8-22(24)31-33-27-25(57(42,43)44)15-21-20(28(27)34)7-9-23(29-16-56(39,40)41)26(21)32-30-17-2-4-18(5-3-17)54(35,36)12-10-52-58(45,46)47/h2-9,14-15,29,34H,10-13,16H2,1H3,(H,39,40,41)(H,42,43,44)(H,45,46,47)(H,48,49,50)/b32-30+,33-31+. The summed E-state index contributed by atoms with van der Waals surface area (Å²) < 4.78 is 192. The van der Waals surface area contributed by atoms with E-state index in [0.717, 1.165) is 67.8 Å². The Balaban J connectivity index is 1.80.